The molecule has 0 nitrogen and oxygen atoms in total. The van der Waals surface area contributed by atoms with Crippen LogP contribution in [-0.4, -0.2) is 0 Å². The maximum absolute atomic E-state index is 2.62. The highest BCUT2D eigenvalue weighted by Crippen LogP contribution is 2.62. The Bertz CT molecular complexity index is 321. The number of hydrogen-bond acceptors (Lipinski definition) is 0. The van der Waals surface area contributed by atoms with E-state index in [0.29, 0.717) is 10.8 Å². The van der Waals surface area contributed by atoms with Gasteiger partial charge in [0, 0.05) is 0 Å². The number of rotatable bonds is 2. The predicted molar refractivity (Wildman–Crippen MR) is 87.8 cm³/mol. The van der Waals surface area contributed by atoms with Gasteiger partial charge in [0.15, 0.2) is 0 Å². The van der Waals surface area contributed by atoms with Crippen LogP contribution in [0, 0.1) is 28.6 Å². The van der Waals surface area contributed by atoms with Gasteiger partial charge in [0.1, 0.15) is 0 Å². The molecule has 0 heteroatoms. The Morgan fingerprint density at radius 2 is 1.50 bits per heavy atom. The Hall–Kier alpha value is 0. The molecule has 116 valence electrons. The third kappa shape index (κ3) is 2.46. The van der Waals surface area contributed by atoms with Crippen molar-refractivity contribution < 1.29 is 0 Å². The smallest absolute Gasteiger partial charge is 0.0264 e. The topological polar surface area (TPSA) is 0 Å². The zero-order chi connectivity index (χ0) is 14.2. The van der Waals surface area contributed by atoms with Gasteiger partial charge in [0.25, 0.3) is 0 Å². The zero-order valence-corrected chi connectivity index (χ0v) is 14.2. The highest BCUT2D eigenvalue weighted by molar-refractivity contribution is 5.02. The molecule has 0 aromatic carbocycles. The molecule has 3 fully saturated rings. The van der Waals surface area contributed by atoms with E-state index < -0.39 is 0 Å². The first-order chi connectivity index (χ1) is 9.59. The van der Waals surface area contributed by atoms with Crippen LogP contribution < -0.4 is 0 Å². The molecule has 0 aromatic rings. The van der Waals surface area contributed by atoms with E-state index in [0.717, 1.165) is 17.8 Å². The summed E-state index contributed by atoms with van der Waals surface area (Å²) in [5.41, 5.74) is 1.31. The van der Waals surface area contributed by atoms with Crippen molar-refractivity contribution in [3.63, 3.8) is 0 Å². The van der Waals surface area contributed by atoms with Crippen molar-refractivity contribution in [2.24, 2.45) is 28.6 Å². The molecule has 3 aliphatic carbocycles. The van der Waals surface area contributed by atoms with Gasteiger partial charge in [-0.1, -0.05) is 65.7 Å². The molecule has 3 unspecified atom stereocenters. The van der Waals surface area contributed by atoms with Crippen LogP contribution in [0.1, 0.15) is 97.8 Å². The average Bonchev–Trinajstić information content (AvgIpc) is 2.47. The fraction of sp³-hybridized carbons (Fsp3) is 1.00. The second kappa shape index (κ2) is 5.65. The van der Waals surface area contributed by atoms with Crippen LogP contribution in [0.2, 0.25) is 0 Å². The molecule has 0 aliphatic heterocycles. The fourth-order valence-electron chi connectivity index (χ4n) is 6.75. The molecule has 0 aromatic heterocycles. The van der Waals surface area contributed by atoms with E-state index in [4.69, 9.17) is 0 Å². The van der Waals surface area contributed by atoms with Crippen molar-refractivity contribution in [3.05, 3.63) is 0 Å². The first-order valence-electron chi connectivity index (χ1n) is 9.59. The summed E-state index contributed by atoms with van der Waals surface area (Å²) >= 11 is 0. The van der Waals surface area contributed by atoms with Crippen LogP contribution in [0.15, 0.2) is 0 Å². The highest BCUT2D eigenvalue weighted by Gasteiger charge is 2.53. The van der Waals surface area contributed by atoms with Gasteiger partial charge >= 0.3 is 0 Å². The molecule has 0 heterocycles. The van der Waals surface area contributed by atoms with Gasteiger partial charge in [-0.15, -0.1) is 0 Å². The molecular formula is C20H36. The van der Waals surface area contributed by atoms with Crippen LogP contribution in [-0.2, 0) is 0 Å². The van der Waals surface area contributed by atoms with Crippen molar-refractivity contribution in [2.45, 2.75) is 97.8 Å². The van der Waals surface area contributed by atoms with Crippen LogP contribution >= 0.6 is 0 Å². The maximum atomic E-state index is 2.62. The van der Waals surface area contributed by atoms with E-state index in [-0.39, 0.29) is 0 Å². The van der Waals surface area contributed by atoms with Crippen LogP contribution in [0.25, 0.3) is 0 Å². The minimum atomic E-state index is 0.603. The van der Waals surface area contributed by atoms with Crippen molar-refractivity contribution >= 4 is 0 Å². The number of hydrogen-bond donors (Lipinski definition) is 0. The van der Waals surface area contributed by atoms with Crippen LogP contribution in [0.4, 0.5) is 0 Å². The van der Waals surface area contributed by atoms with E-state index in [1.54, 1.807) is 25.7 Å². The fourth-order valence-corrected chi connectivity index (χ4v) is 6.75. The lowest BCUT2D eigenvalue weighted by Crippen LogP contribution is -2.51. The summed E-state index contributed by atoms with van der Waals surface area (Å²) in [4.78, 5) is 0. The molecule has 0 N–H and O–H groups in total. The molecule has 0 amide bonds. The van der Waals surface area contributed by atoms with Gasteiger partial charge in [-0.2, -0.15) is 0 Å². The normalized spacial score (nSPS) is 40.0. The molecule has 0 bridgehead atoms. The lowest BCUT2D eigenvalue weighted by atomic mass is 9.46. The summed E-state index contributed by atoms with van der Waals surface area (Å²) in [6.07, 6.45) is 18.2. The largest absolute Gasteiger partial charge is 0.0648 e. The molecule has 3 rings (SSSR count). The van der Waals surface area contributed by atoms with Crippen molar-refractivity contribution in [1.82, 2.24) is 0 Å². The van der Waals surface area contributed by atoms with Crippen LogP contribution in [0.5, 0.6) is 0 Å². The van der Waals surface area contributed by atoms with Crippen LogP contribution in [0.3, 0.4) is 0 Å². The van der Waals surface area contributed by atoms with Gasteiger partial charge < -0.3 is 0 Å². The van der Waals surface area contributed by atoms with E-state index in [1.807, 2.05) is 0 Å². The van der Waals surface area contributed by atoms with Gasteiger partial charge in [-0.3, -0.25) is 0 Å². The average molecular weight is 277 g/mol. The first-order valence-corrected chi connectivity index (χ1v) is 9.59. The van der Waals surface area contributed by atoms with Crippen molar-refractivity contribution in [3.8, 4) is 0 Å². The lowest BCUT2D eigenvalue weighted by molar-refractivity contribution is -0.0961. The number of fused-ring (bicyclic) bond motifs is 1. The minimum Gasteiger partial charge on any atom is -0.0648 e. The zero-order valence-electron chi connectivity index (χ0n) is 14.2. The Labute approximate surface area is 127 Å². The van der Waals surface area contributed by atoms with Gasteiger partial charge in [-0.05, 0) is 60.7 Å². The Balaban J connectivity index is 1.92. The monoisotopic (exact) mass is 276 g/mol. The summed E-state index contributed by atoms with van der Waals surface area (Å²) in [6.45, 7) is 7.75. The van der Waals surface area contributed by atoms with Crippen molar-refractivity contribution in [1.29, 1.82) is 0 Å². The first kappa shape index (κ1) is 14.9. The van der Waals surface area contributed by atoms with E-state index >= 15 is 0 Å². The lowest BCUT2D eigenvalue weighted by Gasteiger charge is -2.59. The van der Waals surface area contributed by atoms with Gasteiger partial charge in [0.2, 0.25) is 0 Å². The van der Waals surface area contributed by atoms with E-state index in [1.165, 1.54) is 51.4 Å². The Kier molecular flexibility index (Phi) is 4.22. The second-order valence-electron chi connectivity index (χ2n) is 8.99. The third-order valence-corrected chi connectivity index (χ3v) is 7.61. The predicted octanol–water partition coefficient (Wildman–Crippen LogP) is 6.59. The second-order valence-corrected chi connectivity index (χ2v) is 8.99. The SMILES string of the molecule is CCC1(C2C3CCCCC3CCC2(C)C)CCCCC1. The molecule has 0 spiro atoms. The standard InChI is InChI=1S/C20H36/c1-4-20(13-8-5-9-14-20)18-17-11-7-6-10-16(17)12-15-19(18,2)3/h16-18H,4-15H2,1-3H3. The molecule has 0 saturated heterocycles. The molecule has 3 aliphatic rings. The summed E-state index contributed by atoms with van der Waals surface area (Å²) < 4.78 is 0. The van der Waals surface area contributed by atoms with E-state index in [9.17, 15) is 0 Å². The molecule has 20 heavy (non-hydrogen) atoms. The van der Waals surface area contributed by atoms with Crippen molar-refractivity contribution in [2.75, 3.05) is 0 Å². The van der Waals surface area contributed by atoms with Gasteiger partial charge in [0.05, 0.1) is 0 Å². The molecular weight excluding hydrogens is 240 g/mol. The summed E-state index contributed by atoms with van der Waals surface area (Å²) in [5.74, 6) is 3.19. The van der Waals surface area contributed by atoms with Gasteiger partial charge in [-0.25, -0.2) is 0 Å². The highest BCUT2D eigenvalue weighted by atomic mass is 14.6. The van der Waals surface area contributed by atoms with E-state index in [2.05, 4.69) is 20.8 Å². The Morgan fingerprint density at radius 3 is 2.20 bits per heavy atom. The Morgan fingerprint density at radius 1 is 0.800 bits per heavy atom. The molecule has 3 atom stereocenters. The molecule has 0 radical (unpaired) electrons. The third-order valence-electron chi connectivity index (χ3n) is 7.61. The molecule has 3 saturated carbocycles. The quantitative estimate of drug-likeness (QED) is 0.533. The summed E-state index contributed by atoms with van der Waals surface area (Å²) in [6, 6.07) is 0. The maximum Gasteiger partial charge on any atom is -0.0264 e. The summed E-state index contributed by atoms with van der Waals surface area (Å²) in [7, 11) is 0. The summed E-state index contributed by atoms with van der Waals surface area (Å²) in [5, 5.41) is 0. The minimum absolute atomic E-state index is 0.603.